The SMILES string of the molecule is CNC(C)CCCN1C(=O)CC(C)C1=O. The first-order valence-corrected chi connectivity index (χ1v) is 5.57. The zero-order valence-electron chi connectivity index (χ0n) is 9.75. The smallest absolute Gasteiger partial charge is 0.232 e. The molecular weight excluding hydrogens is 192 g/mol. The van der Waals surface area contributed by atoms with Crippen molar-refractivity contribution in [3.63, 3.8) is 0 Å². The average Bonchev–Trinajstić information content (AvgIpc) is 2.44. The number of rotatable bonds is 5. The molecule has 0 aromatic carbocycles. The quantitative estimate of drug-likeness (QED) is 0.685. The Morgan fingerprint density at radius 2 is 2.20 bits per heavy atom. The van der Waals surface area contributed by atoms with Crippen LogP contribution in [0.5, 0.6) is 0 Å². The second-order valence-electron chi connectivity index (χ2n) is 4.32. The van der Waals surface area contributed by atoms with Gasteiger partial charge < -0.3 is 5.32 Å². The van der Waals surface area contributed by atoms with Crippen LogP contribution in [-0.2, 0) is 9.59 Å². The molecule has 0 bridgehead atoms. The molecule has 1 saturated heterocycles. The number of likely N-dealkylation sites (tertiary alicyclic amines) is 1. The summed E-state index contributed by atoms with van der Waals surface area (Å²) in [7, 11) is 1.92. The van der Waals surface area contributed by atoms with Crippen LogP contribution in [-0.4, -0.2) is 36.3 Å². The third kappa shape index (κ3) is 3.02. The zero-order valence-corrected chi connectivity index (χ0v) is 9.75. The zero-order chi connectivity index (χ0) is 11.4. The van der Waals surface area contributed by atoms with Gasteiger partial charge >= 0.3 is 0 Å². The van der Waals surface area contributed by atoms with Crippen molar-refractivity contribution in [2.24, 2.45) is 5.92 Å². The lowest BCUT2D eigenvalue weighted by Gasteiger charge is -2.15. The summed E-state index contributed by atoms with van der Waals surface area (Å²) >= 11 is 0. The molecule has 1 rings (SSSR count). The van der Waals surface area contributed by atoms with E-state index in [-0.39, 0.29) is 17.7 Å². The van der Waals surface area contributed by atoms with Crippen LogP contribution in [0.3, 0.4) is 0 Å². The summed E-state index contributed by atoms with van der Waals surface area (Å²) in [6, 6.07) is 0.440. The number of nitrogens with zero attached hydrogens (tertiary/aromatic N) is 1. The standard InChI is InChI=1S/C11H20N2O2/c1-8-7-10(14)13(11(8)15)6-4-5-9(2)12-3/h8-9,12H,4-7H2,1-3H3. The van der Waals surface area contributed by atoms with Crippen LogP contribution >= 0.6 is 0 Å². The number of imide groups is 1. The van der Waals surface area contributed by atoms with Gasteiger partial charge in [-0.3, -0.25) is 14.5 Å². The molecule has 0 aromatic rings. The summed E-state index contributed by atoms with van der Waals surface area (Å²) in [5, 5.41) is 3.13. The second-order valence-corrected chi connectivity index (χ2v) is 4.32. The summed E-state index contributed by atoms with van der Waals surface area (Å²) in [6.07, 6.45) is 2.26. The minimum atomic E-state index is -0.112. The van der Waals surface area contributed by atoms with Crippen LogP contribution < -0.4 is 5.32 Å². The molecule has 0 aliphatic carbocycles. The van der Waals surface area contributed by atoms with Gasteiger partial charge in [0.15, 0.2) is 0 Å². The molecule has 2 unspecified atom stereocenters. The monoisotopic (exact) mass is 212 g/mol. The van der Waals surface area contributed by atoms with Crippen molar-refractivity contribution in [3.05, 3.63) is 0 Å². The fourth-order valence-electron chi connectivity index (χ4n) is 1.78. The fourth-order valence-corrected chi connectivity index (χ4v) is 1.78. The molecule has 2 atom stereocenters. The number of carbonyl (C=O) groups is 2. The molecule has 4 heteroatoms. The third-order valence-corrected chi connectivity index (χ3v) is 2.98. The summed E-state index contributed by atoms with van der Waals surface area (Å²) in [6.45, 7) is 4.49. The van der Waals surface area contributed by atoms with E-state index in [9.17, 15) is 9.59 Å². The lowest BCUT2D eigenvalue weighted by Crippen LogP contribution is -2.32. The van der Waals surface area contributed by atoms with Gasteiger partial charge in [-0.1, -0.05) is 6.92 Å². The highest BCUT2D eigenvalue weighted by molar-refractivity contribution is 6.03. The Labute approximate surface area is 91.0 Å². The van der Waals surface area contributed by atoms with Crippen LogP contribution in [0.4, 0.5) is 0 Å². The molecular formula is C11H20N2O2. The molecule has 0 spiro atoms. The van der Waals surface area contributed by atoms with E-state index in [0.29, 0.717) is 19.0 Å². The van der Waals surface area contributed by atoms with E-state index in [0.717, 1.165) is 12.8 Å². The fraction of sp³-hybridized carbons (Fsp3) is 0.818. The van der Waals surface area contributed by atoms with Crippen molar-refractivity contribution < 1.29 is 9.59 Å². The number of amides is 2. The van der Waals surface area contributed by atoms with Gasteiger partial charge in [0.05, 0.1) is 0 Å². The van der Waals surface area contributed by atoms with Gasteiger partial charge in [-0.05, 0) is 26.8 Å². The first kappa shape index (κ1) is 12.2. The van der Waals surface area contributed by atoms with E-state index in [1.54, 1.807) is 0 Å². The summed E-state index contributed by atoms with van der Waals surface area (Å²) < 4.78 is 0. The molecule has 86 valence electrons. The molecule has 4 nitrogen and oxygen atoms in total. The first-order chi connectivity index (χ1) is 7.06. The second kappa shape index (κ2) is 5.26. The normalized spacial score (nSPS) is 23.7. The number of carbonyl (C=O) groups excluding carboxylic acids is 2. The topological polar surface area (TPSA) is 49.4 Å². The van der Waals surface area contributed by atoms with E-state index in [1.807, 2.05) is 14.0 Å². The Balaban J connectivity index is 2.32. The minimum absolute atomic E-state index is 0.00268. The molecule has 1 N–H and O–H groups in total. The summed E-state index contributed by atoms with van der Waals surface area (Å²) in [4.78, 5) is 24.4. The largest absolute Gasteiger partial charge is 0.317 e. The summed E-state index contributed by atoms with van der Waals surface area (Å²) in [5.41, 5.74) is 0. The molecule has 0 saturated carbocycles. The molecule has 15 heavy (non-hydrogen) atoms. The van der Waals surface area contributed by atoms with E-state index >= 15 is 0 Å². The van der Waals surface area contributed by atoms with Crippen LogP contribution in [0.15, 0.2) is 0 Å². The van der Waals surface area contributed by atoms with Crippen LogP contribution in [0.2, 0.25) is 0 Å². The highest BCUT2D eigenvalue weighted by Gasteiger charge is 2.34. The van der Waals surface area contributed by atoms with Crippen LogP contribution in [0, 0.1) is 5.92 Å². The van der Waals surface area contributed by atoms with Gasteiger partial charge in [0.1, 0.15) is 0 Å². The average molecular weight is 212 g/mol. The van der Waals surface area contributed by atoms with E-state index in [4.69, 9.17) is 0 Å². The van der Waals surface area contributed by atoms with Crippen molar-refractivity contribution in [3.8, 4) is 0 Å². The van der Waals surface area contributed by atoms with Crippen LogP contribution in [0.25, 0.3) is 0 Å². The molecule has 1 heterocycles. The van der Waals surface area contributed by atoms with E-state index in [1.165, 1.54) is 4.90 Å². The van der Waals surface area contributed by atoms with E-state index < -0.39 is 0 Å². The van der Waals surface area contributed by atoms with Crippen molar-refractivity contribution in [2.75, 3.05) is 13.6 Å². The number of hydrogen-bond acceptors (Lipinski definition) is 3. The van der Waals surface area contributed by atoms with Crippen molar-refractivity contribution >= 4 is 11.8 Å². The van der Waals surface area contributed by atoms with E-state index in [2.05, 4.69) is 12.2 Å². The molecule has 1 aliphatic heterocycles. The first-order valence-electron chi connectivity index (χ1n) is 5.57. The molecule has 2 amide bonds. The maximum absolute atomic E-state index is 11.6. The van der Waals surface area contributed by atoms with Crippen molar-refractivity contribution in [1.82, 2.24) is 10.2 Å². The summed E-state index contributed by atoms with van der Waals surface area (Å²) in [5.74, 6) is -0.124. The maximum atomic E-state index is 11.6. The minimum Gasteiger partial charge on any atom is -0.317 e. The predicted octanol–water partition coefficient (Wildman–Crippen LogP) is 0.769. The maximum Gasteiger partial charge on any atom is 0.232 e. The van der Waals surface area contributed by atoms with Crippen molar-refractivity contribution in [1.29, 1.82) is 0 Å². The Kier molecular flexibility index (Phi) is 4.27. The van der Waals surface area contributed by atoms with Gasteiger partial charge in [-0.2, -0.15) is 0 Å². The third-order valence-electron chi connectivity index (χ3n) is 2.98. The highest BCUT2D eigenvalue weighted by Crippen LogP contribution is 2.19. The Morgan fingerprint density at radius 3 is 2.67 bits per heavy atom. The van der Waals surface area contributed by atoms with Gasteiger partial charge in [0, 0.05) is 24.9 Å². The lowest BCUT2D eigenvalue weighted by atomic mass is 10.1. The Bertz CT molecular complexity index is 253. The van der Waals surface area contributed by atoms with Crippen molar-refractivity contribution in [2.45, 2.75) is 39.2 Å². The number of hydrogen-bond donors (Lipinski definition) is 1. The molecule has 0 radical (unpaired) electrons. The molecule has 0 aromatic heterocycles. The molecule has 1 aliphatic rings. The van der Waals surface area contributed by atoms with Gasteiger partial charge in [-0.15, -0.1) is 0 Å². The number of nitrogens with one attached hydrogen (secondary N) is 1. The van der Waals surface area contributed by atoms with Crippen LogP contribution in [0.1, 0.15) is 33.1 Å². The molecule has 1 fully saturated rings. The van der Waals surface area contributed by atoms with Gasteiger partial charge in [0.25, 0.3) is 0 Å². The predicted molar refractivity (Wildman–Crippen MR) is 58.3 cm³/mol. The highest BCUT2D eigenvalue weighted by atomic mass is 16.2. The van der Waals surface area contributed by atoms with Gasteiger partial charge in [0.2, 0.25) is 11.8 Å². The van der Waals surface area contributed by atoms with Gasteiger partial charge in [-0.25, -0.2) is 0 Å². The Morgan fingerprint density at radius 1 is 1.53 bits per heavy atom. The Hall–Kier alpha value is -0.900. The lowest BCUT2D eigenvalue weighted by molar-refractivity contribution is -0.139.